The van der Waals surface area contributed by atoms with Gasteiger partial charge in [-0.2, -0.15) is 0 Å². The molecule has 0 saturated carbocycles. The summed E-state index contributed by atoms with van der Waals surface area (Å²) in [5.74, 6) is 1.41. The predicted molar refractivity (Wildman–Crippen MR) is 90.1 cm³/mol. The third-order valence-corrected chi connectivity index (χ3v) is 4.15. The Bertz CT molecular complexity index is 549. The van der Waals surface area contributed by atoms with Gasteiger partial charge in [0.1, 0.15) is 5.82 Å². The average molecular weight is 322 g/mol. The Balaban J connectivity index is 1.88. The van der Waals surface area contributed by atoms with Crippen LogP contribution in [0, 0.1) is 5.92 Å². The van der Waals surface area contributed by atoms with Gasteiger partial charge in [-0.1, -0.05) is 13.8 Å². The topological polar surface area (TPSA) is 68.2 Å². The monoisotopic (exact) mass is 322 g/mol. The van der Waals surface area contributed by atoms with E-state index in [1.165, 1.54) is 0 Å². The molecule has 6 heteroatoms. The van der Waals surface area contributed by atoms with Gasteiger partial charge in [0.15, 0.2) is 0 Å². The number of hydrogen-bond donors (Lipinski definition) is 2. The van der Waals surface area contributed by atoms with Crippen LogP contribution in [0.4, 0.5) is 4.79 Å². The van der Waals surface area contributed by atoms with Gasteiger partial charge in [0.2, 0.25) is 0 Å². The quantitative estimate of drug-likeness (QED) is 0.876. The molecule has 130 valence electrons. The molecule has 2 heterocycles. The number of amides is 2. The van der Waals surface area contributed by atoms with E-state index in [4.69, 9.17) is 4.74 Å². The minimum atomic E-state index is -0.364. The predicted octanol–water partition coefficient (Wildman–Crippen LogP) is 2.68. The maximum Gasteiger partial charge on any atom is 0.315 e. The number of carbonyl (C=O) groups is 1. The molecule has 6 nitrogen and oxygen atoms in total. The second-order valence-corrected chi connectivity index (χ2v) is 7.94. The normalized spacial score (nSPS) is 22.3. The number of rotatable bonds is 5. The molecular formula is C17H30N4O2. The van der Waals surface area contributed by atoms with E-state index in [1.807, 2.05) is 20.0 Å². The Hall–Kier alpha value is -1.56. The number of hydrogen-bond acceptors (Lipinski definition) is 3. The third kappa shape index (κ3) is 4.70. The first-order valence-corrected chi connectivity index (χ1v) is 8.33. The molecule has 1 atom stereocenters. The highest BCUT2D eigenvalue weighted by atomic mass is 16.5. The van der Waals surface area contributed by atoms with Gasteiger partial charge < -0.3 is 19.9 Å². The van der Waals surface area contributed by atoms with E-state index in [1.54, 1.807) is 6.20 Å². The third-order valence-electron chi connectivity index (χ3n) is 4.15. The van der Waals surface area contributed by atoms with E-state index in [9.17, 15) is 4.79 Å². The summed E-state index contributed by atoms with van der Waals surface area (Å²) in [6, 6.07) is -0.184. The molecule has 0 bridgehead atoms. The van der Waals surface area contributed by atoms with Crippen molar-refractivity contribution in [1.82, 2.24) is 20.2 Å². The Morgan fingerprint density at radius 2 is 2.13 bits per heavy atom. The fourth-order valence-electron chi connectivity index (χ4n) is 3.22. The van der Waals surface area contributed by atoms with Crippen molar-refractivity contribution in [2.24, 2.45) is 5.92 Å². The molecule has 0 aromatic carbocycles. The molecule has 1 unspecified atom stereocenters. The van der Waals surface area contributed by atoms with E-state index in [0.717, 1.165) is 18.8 Å². The van der Waals surface area contributed by atoms with Crippen molar-refractivity contribution in [1.29, 1.82) is 0 Å². The zero-order valence-electron chi connectivity index (χ0n) is 15.1. The number of aromatic nitrogens is 2. The van der Waals surface area contributed by atoms with Crippen LogP contribution in [-0.4, -0.2) is 32.8 Å². The second-order valence-electron chi connectivity index (χ2n) is 7.94. The van der Waals surface area contributed by atoms with Gasteiger partial charge in [-0.15, -0.1) is 0 Å². The van der Waals surface area contributed by atoms with E-state index < -0.39 is 0 Å². The van der Waals surface area contributed by atoms with E-state index in [0.29, 0.717) is 12.5 Å². The van der Waals surface area contributed by atoms with Gasteiger partial charge in [0.25, 0.3) is 0 Å². The molecule has 1 fully saturated rings. The van der Waals surface area contributed by atoms with Crippen LogP contribution in [0.15, 0.2) is 12.4 Å². The Morgan fingerprint density at radius 1 is 1.43 bits per heavy atom. The number of nitrogens with zero attached hydrogens (tertiary/aromatic N) is 2. The molecule has 2 rings (SSSR count). The van der Waals surface area contributed by atoms with Gasteiger partial charge in [-0.3, -0.25) is 0 Å². The first kappa shape index (κ1) is 17.8. The molecule has 1 aromatic rings. The lowest BCUT2D eigenvalue weighted by atomic mass is 9.95. The van der Waals surface area contributed by atoms with E-state index in [-0.39, 0.29) is 23.3 Å². The first-order chi connectivity index (χ1) is 10.6. The molecule has 0 spiro atoms. The highest BCUT2D eigenvalue weighted by Gasteiger charge is 2.46. The molecule has 1 aliphatic rings. The first-order valence-electron chi connectivity index (χ1n) is 8.33. The minimum absolute atomic E-state index is 0.00657. The molecule has 2 N–H and O–H groups in total. The Morgan fingerprint density at radius 3 is 2.70 bits per heavy atom. The SMILES string of the molecule is CC(C)Cn1ccnc1CNC(=O)NC1CC(C)(C)OC1(C)C. The lowest BCUT2D eigenvalue weighted by Crippen LogP contribution is -2.49. The minimum Gasteiger partial charge on any atom is -0.367 e. The van der Waals surface area contributed by atoms with Gasteiger partial charge in [-0.25, -0.2) is 9.78 Å². The highest BCUT2D eigenvalue weighted by Crippen LogP contribution is 2.37. The zero-order chi connectivity index (χ0) is 17.3. The highest BCUT2D eigenvalue weighted by molar-refractivity contribution is 5.74. The summed E-state index contributed by atoms with van der Waals surface area (Å²) in [5, 5.41) is 5.94. The van der Waals surface area contributed by atoms with Gasteiger partial charge in [-0.05, 0) is 40.0 Å². The standard InChI is InChI=1S/C17H30N4O2/c1-12(2)11-21-8-7-18-14(21)10-19-15(22)20-13-9-16(3,4)23-17(13,5)6/h7-8,12-13H,9-11H2,1-6H3,(H2,19,20,22). The van der Waals surface area contributed by atoms with Crippen LogP contribution in [0.5, 0.6) is 0 Å². The fourth-order valence-corrected chi connectivity index (χ4v) is 3.22. The number of ether oxygens (including phenoxy) is 1. The summed E-state index contributed by atoms with van der Waals surface area (Å²) < 4.78 is 8.08. The van der Waals surface area contributed by atoms with Crippen molar-refractivity contribution in [3.05, 3.63) is 18.2 Å². The van der Waals surface area contributed by atoms with Gasteiger partial charge in [0.05, 0.1) is 23.8 Å². The maximum absolute atomic E-state index is 12.2. The van der Waals surface area contributed by atoms with E-state index >= 15 is 0 Å². The van der Waals surface area contributed by atoms with E-state index in [2.05, 4.69) is 47.9 Å². The van der Waals surface area contributed by atoms with Crippen LogP contribution in [0.25, 0.3) is 0 Å². The number of nitrogens with one attached hydrogen (secondary N) is 2. The van der Waals surface area contributed by atoms with Crippen molar-refractivity contribution in [2.45, 2.75) is 78.3 Å². The molecule has 1 aromatic heterocycles. The molecular weight excluding hydrogens is 292 g/mol. The summed E-state index contributed by atoms with van der Waals surface area (Å²) in [6.45, 7) is 13.8. The number of carbonyl (C=O) groups excluding carboxylic acids is 1. The largest absolute Gasteiger partial charge is 0.367 e. The Kier molecular flexibility index (Phi) is 5.04. The van der Waals surface area contributed by atoms with Crippen molar-refractivity contribution < 1.29 is 9.53 Å². The summed E-state index contributed by atoms with van der Waals surface area (Å²) in [7, 11) is 0. The second kappa shape index (κ2) is 6.51. The fraction of sp³-hybridized carbons (Fsp3) is 0.765. The smallest absolute Gasteiger partial charge is 0.315 e. The van der Waals surface area contributed by atoms with Gasteiger partial charge in [0, 0.05) is 18.9 Å². The summed E-state index contributed by atoms with van der Waals surface area (Å²) >= 11 is 0. The number of imidazole rings is 1. The molecule has 1 aliphatic heterocycles. The summed E-state index contributed by atoms with van der Waals surface area (Å²) in [6.07, 6.45) is 4.52. The Labute approximate surface area is 139 Å². The molecule has 0 radical (unpaired) electrons. The summed E-state index contributed by atoms with van der Waals surface area (Å²) in [5.41, 5.74) is -0.577. The van der Waals surface area contributed by atoms with Crippen molar-refractivity contribution >= 4 is 6.03 Å². The van der Waals surface area contributed by atoms with Crippen LogP contribution < -0.4 is 10.6 Å². The summed E-state index contributed by atoms with van der Waals surface area (Å²) in [4.78, 5) is 16.5. The van der Waals surface area contributed by atoms with Crippen molar-refractivity contribution in [2.75, 3.05) is 0 Å². The zero-order valence-corrected chi connectivity index (χ0v) is 15.1. The lowest BCUT2D eigenvalue weighted by Gasteiger charge is -2.27. The average Bonchev–Trinajstić information content (AvgIpc) is 2.88. The molecule has 2 amide bonds. The molecule has 0 aliphatic carbocycles. The van der Waals surface area contributed by atoms with Crippen LogP contribution in [-0.2, 0) is 17.8 Å². The number of urea groups is 1. The van der Waals surface area contributed by atoms with Crippen LogP contribution >= 0.6 is 0 Å². The van der Waals surface area contributed by atoms with Crippen LogP contribution in [0.1, 0.15) is 53.8 Å². The van der Waals surface area contributed by atoms with Crippen LogP contribution in [0.3, 0.4) is 0 Å². The van der Waals surface area contributed by atoms with Gasteiger partial charge >= 0.3 is 6.03 Å². The molecule has 1 saturated heterocycles. The lowest BCUT2D eigenvalue weighted by molar-refractivity contribution is -0.0690. The van der Waals surface area contributed by atoms with Crippen molar-refractivity contribution in [3.63, 3.8) is 0 Å². The molecule has 23 heavy (non-hydrogen) atoms. The van der Waals surface area contributed by atoms with Crippen LogP contribution in [0.2, 0.25) is 0 Å². The van der Waals surface area contributed by atoms with Crippen molar-refractivity contribution in [3.8, 4) is 0 Å². The maximum atomic E-state index is 12.2.